The van der Waals surface area contributed by atoms with Gasteiger partial charge in [0.1, 0.15) is 18.3 Å². The van der Waals surface area contributed by atoms with Crippen LogP contribution in [0.1, 0.15) is 17.2 Å². The van der Waals surface area contributed by atoms with Gasteiger partial charge in [0.05, 0.1) is 6.04 Å². The van der Waals surface area contributed by atoms with E-state index in [0.29, 0.717) is 0 Å². The smallest absolute Gasteiger partial charge is 0.133 e. The summed E-state index contributed by atoms with van der Waals surface area (Å²) in [5, 5.41) is 0. The highest BCUT2D eigenvalue weighted by molar-refractivity contribution is 5.29. The molecule has 72 valence electrons. The van der Waals surface area contributed by atoms with Crippen molar-refractivity contribution in [2.45, 2.75) is 13.0 Å². The summed E-state index contributed by atoms with van der Waals surface area (Å²) in [6.45, 7) is 0.501. The molecule has 0 saturated carbocycles. The van der Waals surface area contributed by atoms with Gasteiger partial charge in [-0.2, -0.15) is 0 Å². The topological polar surface area (TPSA) is 26.0 Å². The molecule has 0 saturated heterocycles. The molecule has 1 nitrogen and oxygen atoms in total. The molecule has 1 rings (SSSR count). The van der Waals surface area contributed by atoms with Crippen molar-refractivity contribution < 1.29 is 13.2 Å². The zero-order chi connectivity index (χ0) is 10.0. The fourth-order valence-electron chi connectivity index (χ4n) is 1.10. The van der Waals surface area contributed by atoms with Crippen LogP contribution in [0.2, 0.25) is 0 Å². The predicted octanol–water partition coefficient (Wildman–Crippen LogP) is 2.24. The minimum atomic E-state index is -1.22. The second kappa shape index (κ2) is 3.79. The zero-order valence-electron chi connectivity index (χ0n) is 7.15. The first-order valence-corrected chi connectivity index (χ1v) is 3.84. The van der Waals surface area contributed by atoms with E-state index in [1.54, 1.807) is 0 Å². The van der Waals surface area contributed by atoms with Crippen LogP contribution in [0.3, 0.4) is 0 Å². The number of hydrogen-bond acceptors (Lipinski definition) is 1. The SMILES string of the molecule is Cc1ccc(F)c(C(N)CF)c1F. The van der Waals surface area contributed by atoms with Crippen molar-refractivity contribution in [1.82, 2.24) is 0 Å². The first-order chi connectivity index (χ1) is 6.07. The molecule has 0 fully saturated rings. The van der Waals surface area contributed by atoms with Gasteiger partial charge < -0.3 is 5.73 Å². The van der Waals surface area contributed by atoms with Crippen molar-refractivity contribution in [2.24, 2.45) is 5.73 Å². The lowest BCUT2D eigenvalue weighted by molar-refractivity contribution is 0.412. The van der Waals surface area contributed by atoms with Crippen LogP contribution in [0.4, 0.5) is 13.2 Å². The number of rotatable bonds is 2. The number of alkyl halides is 1. The summed E-state index contributed by atoms with van der Waals surface area (Å²) in [4.78, 5) is 0. The summed E-state index contributed by atoms with van der Waals surface area (Å²) in [5.41, 5.74) is 5.10. The lowest BCUT2D eigenvalue weighted by Crippen LogP contribution is -2.16. The molecule has 0 bridgehead atoms. The van der Waals surface area contributed by atoms with Gasteiger partial charge in [-0.3, -0.25) is 0 Å². The predicted molar refractivity (Wildman–Crippen MR) is 44.0 cm³/mol. The third-order valence-corrected chi connectivity index (χ3v) is 1.86. The lowest BCUT2D eigenvalue weighted by atomic mass is 10.0. The van der Waals surface area contributed by atoms with E-state index in [2.05, 4.69) is 0 Å². The average Bonchev–Trinajstić information content (AvgIpc) is 2.12. The summed E-state index contributed by atoms with van der Waals surface area (Å²) in [5.74, 6) is -1.56. The summed E-state index contributed by atoms with van der Waals surface area (Å²) in [7, 11) is 0. The van der Waals surface area contributed by atoms with Crippen LogP contribution >= 0.6 is 0 Å². The van der Waals surface area contributed by atoms with Gasteiger partial charge in [-0.05, 0) is 18.6 Å². The summed E-state index contributed by atoms with van der Waals surface area (Å²) >= 11 is 0. The largest absolute Gasteiger partial charge is 0.322 e. The summed E-state index contributed by atoms with van der Waals surface area (Å²) in [6, 6.07) is 1.16. The molecule has 0 heterocycles. The highest BCUT2D eigenvalue weighted by Gasteiger charge is 2.17. The zero-order valence-corrected chi connectivity index (χ0v) is 7.15. The van der Waals surface area contributed by atoms with Crippen molar-refractivity contribution in [3.05, 3.63) is 34.9 Å². The van der Waals surface area contributed by atoms with Gasteiger partial charge >= 0.3 is 0 Å². The van der Waals surface area contributed by atoms with Gasteiger partial charge in [-0.15, -0.1) is 0 Å². The highest BCUT2D eigenvalue weighted by atomic mass is 19.1. The van der Waals surface area contributed by atoms with Crippen molar-refractivity contribution in [2.75, 3.05) is 6.67 Å². The van der Waals surface area contributed by atoms with Gasteiger partial charge in [0.15, 0.2) is 0 Å². The Morgan fingerprint density at radius 1 is 1.38 bits per heavy atom. The Balaban J connectivity index is 3.25. The summed E-state index contributed by atoms with van der Waals surface area (Å²) < 4.78 is 38.3. The van der Waals surface area contributed by atoms with Gasteiger partial charge in [0, 0.05) is 5.56 Å². The van der Waals surface area contributed by atoms with E-state index in [1.165, 1.54) is 13.0 Å². The normalized spacial score (nSPS) is 13.0. The minimum absolute atomic E-state index is 0.264. The third-order valence-electron chi connectivity index (χ3n) is 1.86. The molecular weight excluding hydrogens is 179 g/mol. The Kier molecular flexibility index (Phi) is 2.93. The van der Waals surface area contributed by atoms with Crippen LogP contribution in [0.25, 0.3) is 0 Å². The van der Waals surface area contributed by atoms with Crippen LogP contribution < -0.4 is 5.73 Å². The molecule has 0 radical (unpaired) electrons. The number of halogens is 3. The van der Waals surface area contributed by atoms with Crippen molar-refractivity contribution in [3.8, 4) is 0 Å². The van der Waals surface area contributed by atoms with E-state index < -0.39 is 24.4 Å². The maximum atomic E-state index is 13.2. The molecule has 4 heteroatoms. The second-order valence-corrected chi connectivity index (χ2v) is 2.85. The molecule has 1 atom stereocenters. The fourth-order valence-corrected chi connectivity index (χ4v) is 1.10. The van der Waals surface area contributed by atoms with Gasteiger partial charge in [0.25, 0.3) is 0 Å². The molecule has 2 N–H and O–H groups in total. The minimum Gasteiger partial charge on any atom is -0.322 e. The third kappa shape index (κ3) is 1.83. The maximum absolute atomic E-state index is 13.2. The molecular formula is C9H10F3N. The van der Waals surface area contributed by atoms with Crippen LogP contribution in [-0.2, 0) is 0 Å². The Morgan fingerprint density at radius 2 is 2.00 bits per heavy atom. The maximum Gasteiger partial charge on any atom is 0.133 e. The van der Waals surface area contributed by atoms with Crippen molar-refractivity contribution in [1.29, 1.82) is 0 Å². The Labute approximate surface area is 74.4 Å². The molecule has 0 amide bonds. The van der Waals surface area contributed by atoms with E-state index >= 15 is 0 Å². The monoisotopic (exact) mass is 189 g/mol. The highest BCUT2D eigenvalue weighted by Crippen LogP contribution is 2.21. The number of hydrogen-bond donors (Lipinski definition) is 1. The van der Waals surface area contributed by atoms with Crippen LogP contribution in [0.5, 0.6) is 0 Å². The number of benzene rings is 1. The van der Waals surface area contributed by atoms with Gasteiger partial charge in [-0.25, -0.2) is 13.2 Å². The summed E-state index contributed by atoms with van der Waals surface area (Å²) in [6.07, 6.45) is 0. The lowest BCUT2D eigenvalue weighted by Gasteiger charge is -2.11. The molecule has 0 aliphatic rings. The molecule has 1 aromatic carbocycles. The first kappa shape index (κ1) is 10.1. The van der Waals surface area contributed by atoms with E-state index in [4.69, 9.17) is 5.73 Å². The Bertz CT molecular complexity index is 312. The molecule has 0 aliphatic carbocycles. The number of nitrogens with two attached hydrogens (primary N) is 1. The standard InChI is InChI=1S/C9H10F3N/c1-5-2-3-6(11)8(9(5)12)7(13)4-10/h2-3,7H,4,13H2,1H3. The van der Waals surface area contributed by atoms with E-state index in [1.807, 2.05) is 0 Å². The van der Waals surface area contributed by atoms with E-state index in [0.717, 1.165) is 6.07 Å². The van der Waals surface area contributed by atoms with E-state index in [9.17, 15) is 13.2 Å². The van der Waals surface area contributed by atoms with Crippen LogP contribution in [0, 0.1) is 18.6 Å². The first-order valence-electron chi connectivity index (χ1n) is 3.84. The van der Waals surface area contributed by atoms with Crippen molar-refractivity contribution in [3.63, 3.8) is 0 Å². The fraction of sp³-hybridized carbons (Fsp3) is 0.333. The Morgan fingerprint density at radius 3 is 2.54 bits per heavy atom. The molecule has 13 heavy (non-hydrogen) atoms. The Hall–Kier alpha value is -1.03. The second-order valence-electron chi connectivity index (χ2n) is 2.85. The van der Waals surface area contributed by atoms with Crippen molar-refractivity contribution >= 4 is 0 Å². The van der Waals surface area contributed by atoms with Gasteiger partial charge in [0.2, 0.25) is 0 Å². The van der Waals surface area contributed by atoms with Crippen LogP contribution in [-0.4, -0.2) is 6.67 Å². The quantitative estimate of drug-likeness (QED) is 0.758. The molecule has 0 aromatic heterocycles. The molecule has 1 aromatic rings. The number of aryl methyl sites for hydroxylation is 1. The average molecular weight is 189 g/mol. The van der Waals surface area contributed by atoms with E-state index in [-0.39, 0.29) is 11.1 Å². The van der Waals surface area contributed by atoms with Crippen LogP contribution in [0.15, 0.2) is 12.1 Å². The van der Waals surface area contributed by atoms with Gasteiger partial charge in [-0.1, -0.05) is 6.07 Å². The molecule has 0 aliphatic heterocycles. The molecule has 1 unspecified atom stereocenters. The molecule has 0 spiro atoms.